The molecule has 0 aliphatic carbocycles. The van der Waals surface area contributed by atoms with Crippen LogP contribution in [-0.2, 0) is 0 Å². The van der Waals surface area contributed by atoms with Gasteiger partial charge in [-0.15, -0.1) is 0 Å². The van der Waals surface area contributed by atoms with E-state index in [4.69, 9.17) is 24.4 Å². The lowest BCUT2D eigenvalue weighted by molar-refractivity contribution is -1.92. The molecule has 0 radical (unpaired) electrons. The lowest BCUT2D eigenvalue weighted by Gasteiger charge is -2.09. The Morgan fingerprint density at radius 2 is 1.56 bits per heavy atom. The first-order valence-corrected chi connectivity index (χ1v) is 6.42. The molecule has 6 heteroatoms. The van der Waals surface area contributed by atoms with E-state index in [9.17, 15) is 0 Å². The zero-order valence-corrected chi connectivity index (χ0v) is 10.5. The maximum atomic E-state index is 8.60. The van der Waals surface area contributed by atoms with Crippen LogP contribution in [0, 0.1) is 10.2 Å². The molecule has 0 aliphatic heterocycles. The second kappa shape index (κ2) is 6.10. The highest BCUT2D eigenvalue weighted by atomic mass is 35.7. The third-order valence-electron chi connectivity index (χ3n) is 2.31. The summed E-state index contributed by atoms with van der Waals surface area (Å²) < 4.78 is 32.7. The van der Waals surface area contributed by atoms with Gasteiger partial charge in [-0.3, -0.25) is 0 Å². The van der Waals surface area contributed by atoms with E-state index < -0.39 is 10.2 Å². The van der Waals surface area contributed by atoms with Crippen molar-refractivity contribution in [2.75, 3.05) is 0 Å². The number of rotatable bonds is 1. The highest BCUT2D eigenvalue weighted by molar-refractivity contribution is 5.85. The van der Waals surface area contributed by atoms with E-state index in [0.29, 0.717) is 0 Å². The van der Waals surface area contributed by atoms with Gasteiger partial charge in [0.1, 0.15) is 0 Å². The summed E-state index contributed by atoms with van der Waals surface area (Å²) >= 11 is 0. The minimum absolute atomic E-state index is 0.103. The zero-order chi connectivity index (χ0) is 13.8. The Morgan fingerprint density at radius 3 is 2.11 bits per heavy atom. The first-order valence-electron chi connectivity index (χ1n) is 5.15. The maximum Gasteiger partial charge on any atom is 0.0777 e. The molecule has 2 rings (SSSR count). The molecule has 0 saturated heterocycles. The third kappa shape index (κ3) is 4.97. The van der Waals surface area contributed by atoms with Gasteiger partial charge < -0.3 is 5.73 Å². The first kappa shape index (κ1) is 14.8. The highest BCUT2D eigenvalue weighted by Gasteiger charge is 2.03. The molecule has 0 aromatic heterocycles. The molecule has 0 aliphatic rings. The van der Waals surface area contributed by atoms with Gasteiger partial charge in [0.15, 0.2) is 0 Å². The third-order valence-corrected chi connectivity index (χ3v) is 2.31. The molecule has 0 spiro atoms. The number of halogens is 1. The van der Waals surface area contributed by atoms with E-state index in [1.165, 1.54) is 16.3 Å². The number of nitrogens with two attached hydrogens (primary N) is 1. The fourth-order valence-electron chi connectivity index (χ4n) is 1.65. The topological polar surface area (TPSA) is 115 Å². The molecule has 0 fully saturated rings. The van der Waals surface area contributed by atoms with Crippen LogP contribution in [0.3, 0.4) is 0 Å². The molecular formula is C12H14ClNO4. The monoisotopic (exact) mass is 271 g/mol. The second-order valence-corrected chi connectivity index (χ2v) is 4.55. The molecule has 1 atom stereocenters. The lowest BCUT2D eigenvalue weighted by Crippen LogP contribution is -2.58. The lowest BCUT2D eigenvalue weighted by atomic mass is 10.0. The Bertz CT molecular complexity index is 499. The number of hydrogen-bond acceptors (Lipinski definition) is 5. The van der Waals surface area contributed by atoms with Crippen LogP contribution in [0.2, 0.25) is 0 Å². The van der Waals surface area contributed by atoms with Crippen molar-refractivity contribution in [3.05, 3.63) is 48.0 Å². The molecule has 0 saturated carbocycles. The molecule has 18 heavy (non-hydrogen) atoms. The van der Waals surface area contributed by atoms with Gasteiger partial charge in [-0.25, -0.2) is 0 Å². The fraction of sp³-hybridized carbons (Fsp3) is 0.167. The van der Waals surface area contributed by atoms with Gasteiger partial charge in [-0.1, -0.05) is 42.5 Å². The van der Waals surface area contributed by atoms with Crippen LogP contribution in [0.5, 0.6) is 0 Å². The van der Waals surface area contributed by atoms with Crippen molar-refractivity contribution in [1.29, 1.82) is 0 Å². The Hall–Kier alpha value is -1.21. The Kier molecular flexibility index (Phi) is 5.03. The van der Waals surface area contributed by atoms with Crippen LogP contribution in [0.4, 0.5) is 0 Å². The molecule has 0 bridgehead atoms. The molecule has 0 heterocycles. The molecule has 2 aromatic carbocycles. The van der Waals surface area contributed by atoms with Crippen molar-refractivity contribution in [3.63, 3.8) is 0 Å². The normalized spacial score (nSPS) is 12.8. The summed E-state index contributed by atoms with van der Waals surface area (Å²) in [4.78, 5) is 0. The van der Waals surface area contributed by atoms with Crippen LogP contribution in [-0.4, -0.2) is 4.66 Å². The van der Waals surface area contributed by atoms with E-state index in [-0.39, 0.29) is 6.04 Å². The summed E-state index contributed by atoms with van der Waals surface area (Å²) in [6.07, 6.45) is 0. The van der Waals surface area contributed by atoms with Crippen LogP contribution < -0.4 is 19.7 Å². The molecular weight excluding hydrogens is 258 g/mol. The Labute approximate surface area is 107 Å². The van der Waals surface area contributed by atoms with Crippen molar-refractivity contribution >= 4 is 10.8 Å². The van der Waals surface area contributed by atoms with Crippen molar-refractivity contribution in [1.82, 2.24) is 0 Å². The highest BCUT2D eigenvalue weighted by Crippen LogP contribution is 2.22. The molecule has 5 nitrogen and oxygen atoms in total. The molecule has 2 aromatic rings. The van der Waals surface area contributed by atoms with Gasteiger partial charge in [0.25, 0.3) is 0 Å². The Balaban J connectivity index is 0.000000280. The summed E-state index contributed by atoms with van der Waals surface area (Å²) in [5.41, 5.74) is 7.10. The van der Waals surface area contributed by atoms with E-state index in [2.05, 4.69) is 30.3 Å². The zero-order valence-electron chi connectivity index (χ0n) is 9.75. The minimum atomic E-state index is -4.69. The summed E-state index contributed by atoms with van der Waals surface area (Å²) in [6.45, 7) is 2.02. The first-order chi connectivity index (χ1) is 8.29. The second-order valence-electron chi connectivity index (χ2n) is 3.75. The van der Waals surface area contributed by atoms with E-state index in [1.54, 1.807) is 0 Å². The van der Waals surface area contributed by atoms with Crippen molar-refractivity contribution in [3.8, 4) is 0 Å². The van der Waals surface area contributed by atoms with Crippen molar-refractivity contribution in [2.45, 2.75) is 13.0 Å². The summed E-state index contributed by atoms with van der Waals surface area (Å²) in [5, 5.41) is 2.53. The van der Waals surface area contributed by atoms with Crippen LogP contribution >= 0.6 is 0 Å². The maximum absolute atomic E-state index is 8.60. The number of benzene rings is 2. The van der Waals surface area contributed by atoms with Gasteiger partial charge in [-0.05, 0) is 23.3 Å². The summed E-state index contributed by atoms with van der Waals surface area (Å²) in [5.74, 6) is 0. The smallest absolute Gasteiger partial charge is 0.0777 e. The Morgan fingerprint density at radius 1 is 1.06 bits per heavy atom. The van der Waals surface area contributed by atoms with Crippen LogP contribution in [0.15, 0.2) is 42.5 Å². The number of fused-ring (bicyclic) bond motifs is 1. The van der Waals surface area contributed by atoms with Gasteiger partial charge in [0, 0.05) is 6.04 Å². The molecule has 0 amide bonds. The summed E-state index contributed by atoms with van der Waals surface area (Å²) in [6, 6.07) is 14.7. The molecule has 1 unspecified atom stereocenters. The van der Waals surface area contributed by atoms with Crippen LogP contribution in [0.25, 0.3) is 10.8 Å². The average Bonchev–Trinajstić information content (AvgIpc) is 2.26. The SMILES string of the molecule is CC(N)c1cccc2ccccc12.[O-][Cl+3]([O-])([O-])O. The molecule has 3 N–H and O–H groups in total. The van der Waals surface area contributed by atoms with Gasteiger partial charge in [-0.2, -0.15) is 14.0 Å². The number of hydrogen-bond donors (Lipinski definition) is 2. The van der Waals surface area contributed by atoms with E-state index >= 15 is 0 Å². The minimum Gasteiger partial charge on any atom is -0.324 e. The largest absolute Gasteiger partial charge is 0.324 e. The van der Waals surface area contributed by atoms with E-state index in [0.717, 1.165) is 0 Å². The van der Waals surface area contributed by atoms with Crippen molar-refractivity contribution < 1.29 is 28.9 Å². The molecule has 98 valence electrons. The van der Waals surface area contributed by atoms with E-state index in [1.807, 2.05) is 19.1 Å². The van der Waals surface area contributed by atoms with Crippen molar-refractivity contribution in [2.24, 2.45) is 5.73 Å². The van der Waals surface area contributed by atoms with Gasteiger partial charge in [0.2, 0.25) is 0 Å². The predicted octanol–water partition coefficient (Wildman–Crippen LogP) is -1.26. The van der Waals surface area contributed by atoms with Gasteiger partial charge >= 0.3 is 0 Å². The standard InChI is InChI=1S/C12H13N.ClHO4/c1-9(13)11-8-4-6-10-5-2-3-7-12(10)11;2-1(3,4)5/h2-9H,13H2,1H3;(H,2,3,4,5). The average molecular weight is 272 g/mol. The predicted molar refractivity (Wildman–Crippen MR) is 58.8 cm³/mol. The van der Waals surface area contributed by atoms with Crippen LogP contribution in [0.1, 0.15) is 18.5 Å². The summed E-state index contributed by atoms with van der Waals surface area (Å²) in [7, 11) is -4.69. The van der Waals surface area contributed by atoms with Gasteiger partial charge in [0.05, 0.1) is 14.9 Å². The quantitative estimate of drug-likeness (QED) is 0.671. The fourth-order valence-corrected chi connectivity index (χ4v) is 1.65.